The fraction of sp³-hybridized carbons (Fsp3) is 0.385. The number of carboxylic acids is 1. The highest BCUT2D eigenvalue weighted by molar-refractivity contribution is 5.94. The molecule has 0 aromatic heterocycles. The lowest BCUT2D eigenvalue weighted by molar-refractivity contribution is -0.141. The molecule has 1 aromatic carbocycles. The number of aromatic hydroxyl groups is 1. The summed E-state index contributed by atoms with van der Waals surface area (Å²) < 4.78 is 0. The van der Waals surface area contributed by atoms with Crippen LogP contribution in [0.3, 0.4) is 0 Å². The normalized spacial score (nSPS) is 11.8. The predicted molar refractivity (Wildman–Crippen MR) is 72.5 cm³/mol. The highest BCUT2D eigenvalue weighted by Crippen LogP contribution is 2.15. The molecule has 20 heavy (non-hydrogen) atoms. The SMILES string of the molecule is O=C(CC(NCCCO)C(=O)O)Nc1cccc(O)c1. The number of carbonyl (C=O) groups excluding carboxylic acids is 1. The van der Waals surface area contributed by atoms with Crippen LogP contribution in [-0.2, 0) is 9.59 Å². The first-order valence-electron chi connectivity index (χ1n) is 6.19. The summed E-state index contributed by atoms with van der Waals surface area (Å²) in [6.45, 7) is 0.266. The Morgan fingerprint density at radius 2 is 2.05 bits per heavy atom. The number of carbonyl (C=O) groups is 2. The van der Waals surface area contributed by atoms with Gasteiger partial charge >= 0.3 is 5.97 Å². The number of rotatable bonds is 8. The molecule has 1 amide bonds. The van der Waals surface area contributed by atoms with E-state index in [9.17, 15) is 14.7 Å². The zero-order chi connectivity index (χ0) is 15.0. The fourth-order valence-corrected chi connectivity index (χ4v) is 1.58. The lowest BCUT2D eigenvalue weighted by atomic mass is 10.2. The molecule has 0 aliphatic heterocycles. The monoisotopic (exact) mass is 282 g/mol. The van der Waals surface area contributed by atoms with Crippen LogP contribution in [0.1, 0.15) is 12.8 Å². The van der Waals surface area contributed by atoms with E-state index >= 15 is 0 Å². The maximum absolute atomic E-state index is 11.7. The van der Waals surface area contributed by atoms with Crippen LogP contribution in [0.15, 0.2) is 24.3 Å². The van der Waals surface area contributed by atoms with Crippen molar-refractivity contribution in [2.75, 3.05) is 18.5 Å². The molecule has 1 atom stereocenters. The van der Waals surface area contributed by atoms with Crippen molar-refractivity contribution in [2.45, 2.75) is 18.9 Å². The standard InChI is InChI=1S/C13H18N2O5/c16-6-2-5-14-11(13(19)20)8-12(18)15-9-3-1-4-10(17)7-9/h1,3-4,7,11,14,16-17H,2,5-6,8H2,(H,15,18)(H,19,20). The minimum absolute atomic E-state index is 0.0126. The van der Waals surface area contributed by atoms with E-state index in [0.29, 0.717) is 18.7 Å². The van der Waals surface area contributed by atoms with Gasteiger partial charge in [-0.05, 0) is 25.1 Å². The number of nitrogens with one attached hydrogen (secondary N) is 2. The van der Waals surface area contributed by atoms with Gasteiger partial charge in [-0.15, -0.1) is 0 Å². The van der Waals surface area contributed by atoms with Crippen LogP contribution in [0, 0.1) is 0 Å². The molecule has 0 fully saturated rings. The van der Waals surface area contributed by atoms with Crippen molar-refractivity contribution in [3.05, 3.63) is 24.3 Å². The molecule has 5 N–H and O–H groups in total. The van der Waals surface area contributed by atoms with E-state index in [4.69, 9.17) is 10.2 Å². The molecule has 0 saturated carbocycles. The highest BCUT2D eigenvalue weighted by atomic mass is 16.4. The predicted octanol–water partition coefficient (Wildman–Crippen LogP) is 0.146. The summed E-state index contributed by atoms with van der Waals surface area (Å²) in [6.07, 6.45) is 0.175. The lowest BCUT2D eigenvalue weighted by Crippen LogP contribution is -2.40. The van der Waals surface area contributed by atoms with E-state index in [0.717, 1.165) is 0 Å². The van der Waals surface area contributed by atoms with Crippen LogP contribution in [-0.4, -0.2) is 46.4 Å². The number of amides is 1. The van der Waals surface area contributed by atoms with Crippen molar-refractivity contribution in [3.8, 4) is 5.75 Å². The summed E-state index contributed by atoms with van der Waals surface area (Å²) in [5, 5.41) is 32.1. The Balaban J connectivity index is 2.51. The summed E-state index contributed by atoms with van der Waals surface area (Å²) in [5.74, 6) is -1.59. The Bertz CT molecular complexity index is 464. The number of phenols is 1. The van der Waals surface area contributed by atoms with Crippen LogP contribution in [0.4, 0.5) is 5.69 Å². The minimum Gasteiger partial charge on any atom is -0.508 e. The summed E-state index contributed by atoms with van der Waals surface area (Å²) in [4.78, 5) is 22.7. The van der Waals surface area contributed by atoms with Gasteiger partial charge in [0, 0.05) is 18.4 Å². The van der Waals surface area contributed by atoms with E-state index in [2.05, 4.69) is 10.6 Å². The van der Waals surface area contributed by atoms with Gasteiger partial charge in [-0.25, -0.2) is 0 Å². The van der Waals surface area contributed by atoms with Crippen LogP contribution in [0.5, 0.6) is 5.75 Å². The molecule has 7 heteroatoms. The molecule has 1 unspecified atom stereocenters. The number of aliphatic hydroxyl groups excluding tert-OH is 1. The number of hydrogen-bond donors (Lipinski definition) is 5. The highest BCUT2D eigenvalue weighted by Gasteiger charge is 2.20. The number of anilines is 1. The molecule has 0 spiro atoms. The smallest absolute Gasteiger partial charge is 0.321 e. The van der Waals surface area contributed by atoms with E-state index < -0.39 is 17.9 Å². The Morgan fingerprint density at radius 3 is 2.65 bits per heavy atom. The first-order valence-corrected chi connectivity index (χ1v) is 6.19. The first-order chi connectivity index (χ1) is 9.52. The van der Waals surface area contributed by atoms with Gasteiger partial charge in [0.15, 0.2) is 0 Å². The maximum atomic E-state index is 11.7. The van der Waals surface area contributed by atoms with Gasteiger partial charge in [-0.3, -0.25) is 9.59 Å². The second kappa shape index (κ2) is 8.13. The fourth-order valence-electron chi connectivity index (χ4n) is 1.58. The quantitative estimate of drug-likeness (QED) is 0.433. The second-order valence-corrected chi connectivity index (χ2v) is 4.22. The number of aliphatic hydroxyl groups is 1. The molecule has 7 nitrogen and oxygen atoms in total. The van der Waals surface area contributed by atoms with Crippen molar-refractivity contribution in [3.63, 3.8) is 0 Å². The molecule has 0 aliphatic rings. The molecule has 0 bridgehead atoms. The van der Waals surface area contributed by atoms with Gasteiger partial charge in [-0.1, -0.05) is 6.07 Å². The average Bonchev–Trinajstić information content (AvgIpc) is 2.37. The van der Waals surface area contributed by atoms with Gasteiger partial charge in [-0.2, -0.15) is 0 Å². The maximum Gasteiger partial charge on any atom is 0.321 e. The van der Waals surface area contributed by atoms with E-state index in [1.165, 1.54) is 12.1 Å². The molecule has 0 aliphatic carbocycles. The van der Waals surface area contributed by atoms with E-state index in [-0.39, 0.29) is 18.8 Å². The summed E-state index contributed by atoms with van der Waals surface area (Å²) in [6, 6.07) is 4.98. The van der Waals surface area contributed by atoms with Crippen LogP contribution >= 0.6 is 0 Å². The van der Waals surface area contributed by atoms with Gasteiger partial charge in [0.2, 0.25) is 5.91 Å². The van der Waals surface area contributed by atoms with Crippen LogP contribution in [0.25, 0.3) is 0 Å². The zero-order valence-electron chi connectivity index (χ0n) is 10.9. The average molecular weight is 282 g/mol. The third kappa shape index (κ3) is 5.68. The van der Waals surface area contributed by atoms with Crippen molar-refractivity contribution < 1.29 is 24.9 Å². The molecule has 0 radical (unpaired) electrons. The van der Waals surface area contributed by atoms with Crippen LogP contribution in [0.2, 0.25) is 0 Å². The molecular weight excluding hydrogens is 264 g/mol. The Kier molecular flexibility index (Phi) is 6.48. The Hall–Kier alpha value is -2.12. The Morgan fingerprint density at radius 1 is 1.30 bits per heavy atom. The molecule has 1 rings (SSSR count). The van der Waals surface area contributed by atoms with Crippen molar-refractivity contribution in [1.29, 1.82) is 0 Å². The first kappa shape index (κ1) is 15.9. The Labute approximate surface area is 116 Å². The zero-order valence-corrected chi connectivity index (χ0v) is 10.9. The molecular formula is C13H18N2O5. The summed E-state index contributed by atoms with van der Waals surface area (Å²) in [5.41, 5.74) is 0.398. The number of benzene rings is 1. The second-order valence-electron chi connectivity index (χ2n) is 4.22. The molecule has 110 valence electrons. The topological polar surface area (TPSA) is 119 Å². The third-order valence-corrected chi connectivity index (χ3v) is 2.54. The van der Waals surface area contributed by atoms with E-state index in [1.54, 1.807) is 12.1 Å². The molecule has 1 aromatic rings. The lowest BCUT2D eigenvalue weighted by Gasteiger charge is -2.14. The molecule has 0 saturated heterocycles. The third-order valence-electron chi connectivity index (χ3n) is 2.54. The van der Waals surface area contributed by atoms with Crippen molar-refractivity contribution in [2.24, 2.45) is 0 Å². The van der Waals surface area contributed by atoms with Gasteiger partial charge < -0.3 is 26.0 Å². The van der Waals surface area contributed by atoms with Crippen LogP contribution < -0.4 is 10.6 Å². The van der Waals surface area contributed by atoms with Gasteiger partial charge in [0.1, 0.15) is 11.8 Å². The van der Waals surface area contributed by atoms with Crippen molar-refractivity contribution in [1.82, 2.24) is 5.32 Å². The number of hydrogen-bond acceptors (Lipinski definition) is 5. The molecule has 0 heterocycles. The largest absolute Gasteiger partial charge is 0.508 e. The number of aliphatic carboxylic acids is 1. The van der Waals surface area contributed by atoms with E-state index in [1.807, 2.05) is 0 Å². The number of phenolic OH excluding ortho intramolecular Hbond substituents is 1. The number of carboxylic acid groups (broad SMARTS) is 1. The summed E-state index contributed by atoms with van der Waals surface area (Å²) in [7, 11) is 0. The minimum atomic E-state index is -1.13. The van der Waals surface area contributed by atoms with Crippen molar-refractivity contribution >= 4 is 17.6 Å². The summed E-state index contributed by atoms with van der Waals surface area (Å²) >= 11 is 0. The van der Waals surface area contributed by atoms with Gasteiger partial charge in [0.25, 0.3) is 0 Å². The van der Waals surface area contributed by atoms with Gasteiger partial charge in [0.05, 0.1) is 6.42 Å².